The number of phenolic OH excluding ortho intramolecular Hbond substituents is 2. The lowest BCUT2D eigenvalue weighted by atomic mass is 10.0. The van der Waals surface area contributed by atoms with Gasteiger partial charge in [-0.25, -0.2) is 4.79 Å². The molecule has 3 amide bonds. The largest absolute Gasteiger partial charge is 0.508 e. The second kappa shape index (κ2) is 15.1. The number of benzene rings is 3. The van der Waals surface area contributed by atoms with E-state index in [2.05, 4.69) is 26.2 Å². The monoisotopic (exact) mass is 682 g/mol. The zero-order valence-electron chi connectivity index (χ0n) is 27.1. The first-order valence-electron chi connectivity index (χ1n) is 16.5. The number of carbonyl (C=O) groups excluding carboxylic acids is 3. The predicted molar refractivity (Wildman–Crippen MR) is 179 cm³/mol. The molecule has 0 unspecified atom stereocenters. The van der Waals surface area contributed by atoms with Crippen LogP contribution in [-0.4, -0.2) is 106 Å². The fourth-order valence-electron chi connectivity index (χ4n) is 6.57. The van der Waals surface area contributed by atoms with Gasteiger partial charge in [-0.05, 0) is 83.6 Å². The fourth-order valence-corrected chi connectivity index (χ4v) is 6.57. The zero-order valence-corrected chi connectivity index (χ0v) is 27.1. The van der Waals surface area contributed by atoms with Gasteiger partial charge in [-0.2, -0.15) is 4.68 Å². The minimum Gasteiger partial charge on any atom is -0.508 e. The third-order valence-electron chi connectivity index (χ3n) is 9.10. The number of amides is 3. The zero-order chi connectivity index (χ0) is 35.2. The second-order valence-electron chi connectivity index (χ2n) is 12.5. The molecule has 0 radical (unpaired) electrons. The molecule has 0 spiro atoms. The molecule has 0 bridgehead atoms. The van der Waals surface area contributed by atoms with Crippen LogP contribution in [0.25, 0.3) is 5.69 Å². The van der Waals surface area contributed by atoms with E-state index >= 15 is 0 Å². The van der Waals surface area contributed by atoms with E-state index in [-0.39, 0.29) is 49.3 Å². The van der Waals surface area contributed by atoms with Crippen molar-refractivity contribution in [3.8, 4) is 17.2 Å². The molecule has 15 nitrogen and oxygen atoms in total. The number of nitrogens with one attached hydrogen (secondary N) is 2. The highest BCUT2D eigenvalue weighted by Gasteiger charge is 2.41. The number of likely N-dealkylation sites (tertiary alicyclic amines) is 2. The van der Waals surface area contributed by atoms with Crippen LogP contribution in [0.5, 0.6) is 11.5 Å². The van der Waals surface area contributed by atoms with Crippen molar-refractivity contribution in [2.45, 2.75) is 62.7 Å². The molecule has 2 saturated heterocycles. The summed E-state index contributed by atoms with van der Waals surface area (Å²) in [4.78, 5) is 56.9. The Hall–Kier alpha value is -5.99. The Balaban J connectivity index is 1.24. The van der Waals surface area contributed by atoms with Crippen molar-refractivity contribution in [1.82, 2.24) is 35.3 Å². The van der Waals surface area contributed by atoms with E-state index in [1.807, 2.05) is 30.3 Å². The molecule has 3 aromatic carbocycles. The Labute approximate surface area is 287 Å². The van der Waals surface area contributed by atoms with Gasteiger partial charge in [-0.3, -0.25) is 14.4 Å². The highest BCUT2D eigenvalue weighted by Crippen LogP contribution is 2.24. The van der Waals surface area contributed by atoms with Crippen LogP contribution in [0.3, 0.4) is 0 Å². The van der Waals surface area contributed by atoms with Crippen molar-refractivity contribution in [1.29, 1.82) is 0 Å². The van der Waals surface area contributed by atoms with E-state index in [0.717, 1.165) is 5.56 Å². The minimum absolute atomic E-state index is 0.0412. The molecule has 260 valence electrons. The summed E-state index contributed by atoms with van der Waals surface area (Å²) in [6.45, 7) is 0.539. The lowest BCUT2D eigenvalue weighted by Crippen LogP contribution is -2.57. The van der Waals surface area contributed by atoms with Gasteiger partial charge in [0.15, 0.2) is 0 Å². The average Bonchev–Trinajstić information content (AvgIpc) is 3.91. The molecular weight excluding hydrogens is 644 g/mol. The SMILES string of the molecule is O=C(O)[C@@H]1CCCN1C(=O)[C@H](Cc1ccc(O)cc1)NC(=O)[C@@H]1CCCN1C(=O)[C@H](Cc1ccc(O)cc1)Nc1nnnn1-c1ccccc1. The van der Waals surface area contributed by atoms with Gasteiger partial charge in [0.25, 0.3) is 0 Å². The third-order valence-corrected chi connectivity index (χ3v) is 9.10. The summed E-state index contributed by atoms with van der Waals surface area (Å²) in [7, 11) is 0. The Morgan fingerprint density at radius 1 is 0.740 bits per heavy atom. The van der Waals surface area contributed by atoms with Gasteiger partial charge in [-0.15, -0.1) is 0 Å². The van der Waals surface area contributed by atoms with Gasteiger partial charge in [0.05, 0.1) is 5.69 Å². The molecule has 50 heavy (non-hydrogen) atoms. The first-order valence-corrected chi connectivity index (χ1v) is 16.5. The number of tetrazole rings is 1. The van der Waals surface area contributed by atoms with Crippen LogP contribution >= 0.6 is 0 Å². The number of aromatic nitrogens is 4. The molecule has 2 aliphatic heterocycles. The number of phenols is 2. The number of para-hydroxylation sites is 1. The highest BCUT2D eigenvalue weighted by atomic mass is 16.4. The number of nitrogens with zero attached hydrogens (tertiary/aromatic N) is 6. The number of aromatic hydroxyl groups is 2. The van der Waals surface area contributed by atoms with Crippen LogP contribution in [-0.2, 0) is 32.0 Å². The lowest BCUT2D eigenvalue weighted by molar-refractivity contribution is -0.149. The summed E-state index contributed by atoms with van der Waals surface area (Å²) < 4.78 is 1.47. The number of rotatable bonds is 12. The quantitative estimate of drug-likeness (QED) is 0.146. The fraction of sp³-hybridized carbons (Fsp3) is 0.343. The predicted octanol–water partition coefficient (Wildman–Crippen LogP) is 1.89. The summed E-state index contributed by atoms with van der Waals surface area (Å²) in [5.41, 5.74) is 2.06. The second-order valence-corrected chi connectivity index (χ2v) is 12.5. The summed E-state index contributed by atoms with van der Waals surface area (Å²) >= 11 is 0. The van der Waals surface area contributed by atoms with E-state index in [1.54, 1.807) is 24.3 Å². The molecule has 2 aliphatic rings. The topological polar surface area (TPSA) is 203 Å². The van der Waals surface area contributed by atoms with Crippen LogP contribution in [0.4, 0.5) is 5.95 Å². The number of hydrogen-bond donors (Lipinski definition) is 5. The Morgan fingerprint density at radius 3 is 1.88 bits per heavy atom. The number of carbonyl (C=O) groups is 4. The standard InChI is InChI=1S/C35H38N8O7/c44-25-14-10-22(11-15-25)20-27(32(47)42-19-5-9-30(42)34(49)50)36-31(46)29-8-4-18-41(29)33(48)28(21-23-12-16-26(45)17-13-23)37-35-38-39-40-43(35)24-6-2-1-3-7-24/h1-3,6-7,10-17,27-30,44-45H,4-5,8-9,18-21H2,(H,36,46)(H,49,50)(H,37,38,40)/t27-,28-,29-,30-/m0/s1. The van der Waals surface area contributed by atoms with Gasteiger partial charge in [0.1, 0.15) is 35.7 Å². The normalized spacial score (nSPS) is 18.4. The van der Waals surface area contributed by atoms with Crippen molar-refractivity contribution in [2.75, 3.05) is 18.4 Å². The van der Waals surface area contributed by atoms with Crippen molar-refractivity contribution < 1.29 is 34.5 Å². The van der Waals surface area contributed by atoms with E-state index < -0.39 is 42.0 Å². The summed E-state index contributed by atoms with van der Waals surface area (Å²) in [6.07, 6.45) is 1.97. The van der Waals surface area contributed by atoms with Gasteiger partial charge in [-0.1, -0.05) is 47.6 Å². The van der Waals surface area contributed by atoms with Gasteiger partial charge in [0, 0.05) is 25.9 Å². The average molecular weight is 683 g/mol. The third kappa shape index (κ3) is 7.66. The van der Waals surface area contributed by atoms with E-state index in [1.165, 1.54) is 38.7 Å². The van der Waals surface area contributed by atoms with Crippen molar-refractivity contribution in [3.05, 3.63) is 90.0 Å². The highest BCUT2D eigenvalue weighted by molar-refractivity contribution is 5.95. The lowest BCUT2D eigenvalue weighted by Gasteiger charge is -2.31. The summed E-state index contributed by atoms with van der Waals surface area (Å²) in [5.74, 6) is -2.21. The smallest absolute Gasteiger partial charge is 0.326 e. The Kier molecular flexibility index (Phi) is 10.2. The molecule has 1 aromatic heterocycles. The Morgan fingerprint density at radius 2 is 1.28 bits per heavy atom. The minimum atomic E-state index is -1.11. The van der Waals surface area contributed by atoms with Crippen LogP contribution in [0, 0.1) is 0 Å². The Bertz CT molecular complexity index is 1820. The number of carboxylic acid groups (broad SMARTS) is 1. The van der Waals surface area contributed by atoms with Crippen LogP contribution in [0.1, 0.15) is 36.8 Å². The van der Waals surface area contributed by atoms with Crippen LogP contribution in [0.15, 0.2) is 78.9 Å². The first-order chi connectivity index (χ1) is 24.2. The van der Waals surface area contributed by atoms with E-state index in [0.29, 0.717) is 36.9 Å². The van der Waals surface area contributed by atoms with Crippen molar-refractivity contribution >= 4 is 29.6 Å². The molecule has 15 heteroatoms. The van der Waals surface area contributed by atoms with E-state index in [4.69, 9.17) is 0 Å². The first kappa shape index (κ1) is 33.9. The molecule has 3 heterocycles. The molecule has 2 fully saturated rings. The summed E-state index contributed by atoms with van der Waals surface area (Å²) in [6, 6.07) is 17.9. The van der Waals surface area contributed by atoms with E-state index in [9.17, 15) is 34.5 Å². The van der Waals surface area contributed by atoms with Gasteiger partial charge >= 0.3 is 5.97 Å². The molecule has 0 saturated carbocycles. The summed E-state index contributed by atoms with van der Waals surface area (Å²) in [5, 5.41) is 47.4. The van der Waals surface area contributed by atoms with Gasteiger partial charge < -0.3 is 35.8 Å². The molecule has 4 aromatic rings. The van der Waals surface area contributed by atoms with Crippen molar-refractivity contribution in [3.63, 3.8) is 0 Å². The maximum atomic E-state index is 14.4. The van der Waals surface area contributed by atoms with Crippen molar-refractivity contribution in [2.24, 2.45) is 0 Å². The molecular formula is C35H38N8O7. The molecule has 6 rings (SSSR count). The maximum Gasteiger partial charge on any atom is 0.326 e. The number of hydrogen-bond acceptors (Lipinski definition) is 10. The van der Waals surface area contributed by atoms with Gasteiger partial charge in [0.2, 0.25) is 23.7 Å². The number of aliphatic carboxylic acids is 1. The molecule has 0 aliphatic carbocycles. The number of anilines is 1. The number of carboxylic acids is 1. The molecule has 4 atom stereocenters. The maximum absolute atomic E-state index is 14.4. The van der Waals surface area contributed by atoms with Crippen LogP contribution < -0.4 is 10.6 Å². The molecule has 5 N–H and O–H groups in total. The van der Waals surface area contributed by atoms with Crippen LogP contribution in [0.2, 0.25) is 0 Å².